The molecule has 0 aliphatic heterocycles. The molecule has 0 atom stereocenters. The van der Waals surface area contributed by atoms with Crippen LogP contribution in [-0.4, -0.2) is 20.2 Å². The molecule has 60 valence electrons. The van der Waals surface area contributed by atoms with Crippen LogP contribution in [0.25, 0.3) is 5.78 Å². The minimum atomic E-state index is -0.0412. The Hall–Kier alpha value is -1.71. The van der Waals surface area contributed by atoms with Crippen molar-refractivity contribution in [2.45, 2.75) is 6.92 Å². The van der Waals surface area contributed by atoms with Crippen LogP contribution in [0, 0.1) is 0 Å². The van der Waals surface area contributed by atoms with Gasteiger partial charge in [0.2, 0.25) is 5.78 Å². The Morgan fingerprint density at radius 3 is 3.08 bits per heavy atom. The van der Waals surface area contributed by atoms with Crippen molar-refractivity contribution < 1.29 is 4.79 Å². The molecule has 0 saturated carbocycles. The van der Waals surface area contributed by atoms with Gasteiger partial charge in [-0.25, -0.2) is 9.97 Å². The predicted molar refractivity (Wildman–Crippen MR) is 43.0 cm³/mol. The largest absolute Gasteiger partial charge is 0.293 e. The van der Waals surface area contributed by atoms with Gasteiger partial charge in [0.15, 0.2) is 5.78 Å². The molecule has 4 nitrogen and oxygen atoms in total. The van der Waals surface area contributed by atoms with E-state index >= 15 is 0 Å². The maximum Gasteiger partial charge on any atom is 0.234 e. The highest BCUT2D eigenvalue weighted by Crippen LogP contribution is 2.00. The summed E-state index contributed by atoms with van der Waals surface area (Å²) < 4.78 is 1.76. The van der Waals surface area contributed by atoms with E-state index in [4.69, 9.17) is 0 Å². The number of fused-ring (bicyclic) bond motifs is 1. The average molecular weight is 161 g/mol. The summed E-state index contributed by atoms with van der Waals surface area (Å²) in [5.41, 5.74) is 0.453. The first kappa shape index (κ1) is 6.97. The third-order valence-corrected chi connectivity index (χ3v) is 1.62. The van der Waals surface area contributed by atoms with Crippen molar-refractivity contribution in [2.75, 3.05) is 0 Å². The van der Waals surface area contributed by atoms with E-state index in [0.717, 1.165) is 0 Å². The Kier molecular flexibility index (Phi) is 1.40. The normalized spacial score (nSPS) is 10.4. The van der Waals surface area contributed by atoms with E-state index in [1.54, 1.807) is 29.1 Å². The third kappa shape index (κ3) is 0.972. The molecule has 0 aliphatic rings. The van der Waals surface area contributed by atoms with Crippen LogP contribution < -0.4 is 0 Å². The lowest BCUT2D eigenvalue weighted by atomic mass is 10.3. The smallest absolute Gasteiger partial charge is 0.234 e. The zero-order valence-electron chi connectivity index (χ0n) is 6.56. The number of nitrogens with zero attached hydrogens (tertiary/aromatic N) is 3. The highest BCUT2D eigenvalue weighted by Gasteiger charge is 2.01. The van der Waals surface area contributed by atoms with E-state index < -0.39 is 0 Å². The minimum absolute atomic E-state index is 0.0412. The van der Waals surface area contributed by atoms with Crippen molar-refractivity contribution in [3.63, 3.8) is 0 Å². The predicted octanol–water partition coefficient (Wildman–Crippen LogP) is 0.932. The summed E-state index contributed by atoms with van der Waals surface area (Å²) in [6.07, 6.45) is 5.20. The second-order valence-corrected chi connectivity index (χ2v) is 2.50. The molecule has 0 spiro atoms. The van der Waals surface area contributed by atoms with Crippen molar-refractivity contribution in [1.82, 2.24) is 14.4 Å². The van der Waals surface area contributed by atoms with Gasteiger partial charge in [-0.1, -0.05) is 0 Å². The molecule has 0 bridgehead atoms. The van der Waals surface area contributed by atoms with Gasteiger partial charge in [-0.2, -0.15) is 0 Å². The summed E-state index contributed by atoms with van der Waals surface area (Å²) in [5, 5.41) is 0. The molecule has 12 heavy (non-hydrogen) atoms. The van der Waals surface area contributed by atoms with Crippen molar-refractivity contribution >= 4 is 11.6 Å². The van der Waals surface area contributed by atoms with Crippen LogP contribution in [0.4, 0.5) is 0 Å². The fourth-order valence-corrected chi connectivity index (χ4v) is 1.00. The van der Waals surface area contributed by atoms with Crippen molar-refractivity contribution in [1.29, 1.82) is 0 Å². The molecule has 0 amide bonds. The highest BCUT2D eigenvalue weighted by atomic mass is 16.1. The van der Waals surface area contributed by atoms with Crippen LogP contribution in [0.15, 0.2) is 24.7 Å². The molecule has 0 N–H and O–H groups in total. The lowest BCUT2D eigenvalue weighted by Crippen LogP contribution is -1.98. The second kappa shape index (κ2) is 2.41. The second-order valence-electron chi connectivity index (χ2n) is 2.50. The first-order valence-electron chi connectivity index (χ1n) is 3.58. The minimum Gasteiger partial charge on any atom is -0.293 e. The van der Waals surface area contributed by atoms with Crippen LogP contribution in [0.2, 0.25) is 0 Å². The van der Waals surface area contributed by atoms with Gasteiger partial charge in [0.1, 0.15) is 5.69 Å². The summed E-state index contributed by atoms with van der Waals surface area (Å²) in [7, 11) is 0. The zero-order chi connectivity index (χ0) is 8.55. The van der Waals surface area contributed by atoms with Crippen LogP contribution in [0.1, 0.15) is 17.4 Å². The molecule has 4 heteroatoms. The number of ketones is 1. The average Bonchev–Trinajstić information content (AvgIpc) is 2.49. The summed E-state index contributed by atoms with van der Waals surface area (Å²) in [4.78, 5) is 18.9. The monoisotopic (exact) mass is 161 g/mol. The van der Waals surface area contributed by atoms with Gasteiger partial charge in [-0.15, -0.1) is 0 Å². The molecule has 2 aromatic rings. The number of Topliss-reactive ketones (excluding diaryl/α,β-unsaturated/α-hetero) is 1. The Labute approximate surface area is 68.9 Å². The van der Waals surface area contributed by atoms with Crippen LogP contribution >= 0.6 is 0 Å². The Morgan fingerprint density at radius 1 is 1.50 bits per heavy atom. The lowest BCUT2D eigenvalue weighted by molar-refractivity contribution is 0.101. The molecule has 2 aromatic heterocycles. The summed E-state index contributed by atoms with van der Waals surface area (Å²) in [6.45, 7) is 1.49. The quantitative estimate of drug-likeness (QED) is 0.584. The number of imidazole rings is 1. The highest BCUT2D eigenvalue weighted by molar-refractivity contribution is 5.92. The molecule has 0 saturated heterocycles. The lowest BCUT2D eigenvalue weighted by Gasteiger charge is -1.94. The summed E-state index contributed by atoms with van der Waals surface area (Å²) in [5.74, 6) is 0.517. The maximum absolute atomic E-state index is 10.9. The SMILES string of the molecule is CC(=O)c1ccn2ccnc2n1. The van der Waals surface area contributed by atoms with Gasteiger partial charge in [0.25, 0.3) is 0 Å². The van der Waals surface area contributed by atoms with E-state index in [9.17, 15) is 4.79 Å². The van der Waals surface area contributed by atoms with Gasteiger partial charge in [-0.05, 0) is 6.07 Å². The van der Waals surface area contributed by atoms with Gasteiger partial charge < -0.3 is 0 Å². The molecule has 0 fully saturated rings. The Bertz CT molecular complexity index is 433. The number of carbonyl (C=O) groups is 1. The van der Waals surface area contributed by atoms with Crippen LogP contribution in [0.3, 0.4) is 0 Å². The molecule has 2 heterocycles. The topological polar surface area (TPSA) is 47.3 Å². The Balaban J connectivity index is 2.68. The van der Waals surface area contributed by atoms with Gasteiger partial charge in [-0.3, -0.25) is 9.20 Å². The zero-order valence-corrected chi connectivity index (χ0v) is 6.56. The molecule has 0 aromatic carbocycles. The molecular weight excluding hydrogens is 154 g/mol. The van der Waals surface area contributed by atoms with Crippen LogP contribution in [0.5, 0.6) is 0 Å². The molecule has 2 rings (SSSR count). The number of hydrogen-bond acceptors (Lipinski definition) is 3. The van der Waals surface area contributed by atoms with Gasteiger partial charge in [0.05, 0.1) is 0 Å². The van der Waals surface area contributed by atoms with Crippen LogP contribution in [-0.2, 0) is 0 Å². The first-order valence-corrected chi connectivity index (χ1v) is 3.58. The maximum atomic E-state index is 10.9. The molecular formula is C8H7N3O. The van der Waals surface area contributed by atoms with E-state index in [2.05, 4.69) is 9.97 Å². The summed E-state index contributed by atoms with van der Waals surface area (Å²) >= 11 is 0. The van der Waals surface area contributed by atoms with Gasteiger partial charge in [0, 0.05) is 25.5 Å². The van der Waals surface area contributed by atoms with Gasteiger partial charge >= 0.3 is 0 Å². The summed E-state index contributed by atoms with van der Waals surface area (Å²) in [6, 6.07) is 1.68. The number of hydrogen-bond donors (Lipinski definition) is 0. The number of carbonyl (C=O) groups excluding carboxylic acids is 1. The van der Waals surface area contributed by atoms with E-state index in [1.165, 1.54) is 6.92 Å². The standard InChI is InChI=1S/C8H7N3O/c1-6(12)7-2-4-11-5-3-9-8(11)10-7/h2-5H,1H3. The molecule has 0 aliphatic carbocycles. The van der Waals surface area contributed by atoms with Crippen molar-refractivity contribution in [2.24, 2.45) is 0 Å². The van der Waals surface area contributed by atoms with E-state index in [-0.39, 0.29) is 5.78 Å². The van der Waals surface area contributed by atoms with E-state index in [1.807, 2.05) is 0 Å². The molecule has 0 radical (unpaired) electrons. The Morgan fingerprint density at radius 2 is 2.33 bits per heavy atom. The fourth-order valence-electron chi connectivity index (χ4n) is 1.00. The number of rotatable bonds is 1. The van der Waals surface area contributed by atoms with Crippen molar-refractivity contribution in [3.05, 3.63) is 30.4 Å². The van der Waals surface area contributed by atoms with E-state index in [0.29, 0.717) is 11.5 Å². The number of aromatic nitrogens is 3. The van der Waals surface area contributed by atoms with Crippen molar-refractivity contribution in [3.8, 4) is 0 Å². The fraction of sp³-hybridized carbons (Fsp3) is 0.125. The first-order chi connectivity index (χ1) is 5.77. The molecule has 0 unspecified atom stereocenters. The third-order valence-electron chi connectivity index (χ3n) is 1.62.